The molecule has 0 heterocycles. The fourth-order valence-electron chi connectivity index (χ4n) is 0.697. The summed E-state index contributed by atoms with van der Waals surface area (Å²) < 4.78 is 0. The third kappa shape index (κ3) is 3.88. The van der Waals surface area contributed by atoms with E-state index in [2.05, 4.69) is 0 Å². The smallest absolute Gasteiger partial charge is 0.143 e. The molecule has 11 heavy (non-hydrogen) atoms. The quantitative estimate of drug-likeness (QED) is 0.594. The average molecular weight is 158 g/mol. The van der Waals surface area contributed by atoms with Crippen LogP contribution in [0.1, 0.15) is 26.7 Å². The second-order valence-corrected chi connectivity index (χ2v) is 2.63. The van der Waals surface area contributed by atoms with Gasteiger partial charge < -0.3 is 5.11 Å². The SMILES string of the molecule is CC(=O)C(C)C(=O)CCCO. The zero-order chi connectivity index (χ0) is 8.85. The lowest BCUT2D eigenvalue weighted by Gasteiger charge is -2.04. The first kappa shape index (κ1) is 10.3. The third-order valence-electron chi connectivity index (χ3n) is 1.67. The van der Waals surface area contributed by atoms with Crippen LogP contribution in [-0.4, -0.2) is 23.3 Å². The van der Waals surface area contributed by atoms with Crippen LogP contribution in [0.5, 0.6) is 0 Å². The Hall–Kier alpha value is -0.700. The Morgan fingerprint density at radius 2 is 2.00 bits per heavy atom. The van der Waals surface area contributed by atoms with Crippen molar-refractivity contribution in [2.45, 2.75) is 26.7 Å². The molecule has 0 aromatic carbocycles. The van der Waals surface area contributed by atoms with Crippen LogP contribution in [0.15, 0.2) is 0 Å². The molecule has 1 atom stereocenters. The number of ketones is 2. The number of rotatable bonds is 5. The van der Waals surface area contributed by atoms with E-state index in [9.17, 15) is 9.59 Å². The zero-order valence-corrected chi connectivity index (χ0v) is 6.96. The predicted molar refractivity (Wildman–Crippen MR) is 41.2 cm³/mol. The molecule has 0 saturated heterocycles. The van der Waals surface area contributed by atoms with Gasteiger partial charge in [-0.15, -0.1) is 0 Å². The number of Topliss-reactive ketones (excluding diaryl/α,β-unsaturated/α-hetero) is 2. The van der Waals surface area contributed by atoms with E-state index in [0.717, 1.165) is 0 Å². The molecule has 0 spiro atoms. The number of hydrogen-bond donors (Lipinski definition) is 1. The molecule has 0 aliphatic heterocycles. The lowest BCUT2D eigenvalue weighted by molar-refractivity contribution is -0.131. The number of hydrogen-bond acceptors (Lipinski definition) is 3. The molecular weight excluding hydrogens is 144 g/mol. The average Bonchev–Trinajstić information content (AvgIpc) is 1.98. The first-order chi connectivity index (χ1) is 5.09. The minimum Gasteiger partial charge on any atom is -0.396 e. The van der Waals surface area contributed by atoms with Gasteiger partial charge in [0, 0.05) is 13.0 Å². The van der Waals surface area contributed by atoms with Gasteiger partial charge in [-0.1, -0.05) is 0 Å². The standard InChI is InChI=1S/C8H14O3/c1-6(7(2)10)8(11)4-3-5-9/h6,9H,3-5H2,1-2H3. The van der Waals surface area contributed by atoms with Gasteiger partial charge in [-0.05, 0) is 20.3 Å². The van der Waals surface area contributed by atoms with Crippen LogP contribution in [0, 0.1) is 5.92 Å². The molecule has 0 saturated carbocycles. The van der Waals surface area contributed by atoms with E-state index >= 15 is 0 Å². The Morgan fingerprint density at radius 3 is 2.36 bits per heavy atom. The summed E-state index contributed by atoms with van der Waals surface area (Å²) >= 11 is 0. The van der Waals surface area contributed by atoms with Crippen molar-refractivity contribution in [2.24, 2.45) is 5.92 Å². The highest BCUT2D eigenvalue weighted by atomic mass is 16.3. The van der Waals surface area contributed by atoms with Gasteiger partial charge in [-0.25, -0.2) is 0 Å². The summed E-state index contributed by atoms with van der Waals surface area (Å²) in [4.78, 5) is 21.7. The molecule has 0 bridgehead atoms. The molecule has 0 aromatic heterocycles. The van der Waals surface area contributed by atoms with Gasteiger partial charge in [0.25, 0.3) is 0 Å². The fraction of sp³-hybridized carbons (Fsp3) is 0.750. The molecule has 0 amide bonds. The Balaban J connectivity index is 3.74. The topological polar surface area (TPSA) is 54.4 Å². The molecule has 1 N–H and O–H groups in total. The molecule has 0 aromatic rings. The van der Waals surface area contributed by atoms with Crippen LogP contribution in [0.2, 0.25) is 0 Å². The van der Waals surface area contributed by atoms with Gasteiger partial charge in [0.1, 0.15) is 11.6 Å². The molecule has 3 nitrogen and oxygen atoms in total. The molecule has 0 aliphatic carbocycles. The van der Waals surface area contributed by atoms with Crippen molar-refractivity contribution in [3.05, 3.63) is 0 Å². The van der Waals surface area contributed by atoms with Gasteiger partial charge in [0.2, 0.25) is 0 Å². The van der Waals surface area contributed by atoms with E-state index in [1.54, 1.807) is 6.92 Å². The fourth-order valence-corrected chi connectivity index (χ4v) is 0.697. The van der Waals surface area contributed by atoms with E-state index in [4.69, 9.17) is 5.11 Å². The Morgan fingerprint density at radius 1 is 1.45 bits per heavy atom. The van der Waals surface area contributed by atoms with Crippen molar-refractivity contribution >= 4 is 11.6 Å². The van der Waals surface area contributed by atoms with E-state index < -0.39 is 5.92 Å². The summed E-state index contributed by atoms with van der Waals surface area (Å²) in [7, 11) is 0. The monoisotopic (exact) mass is 158 g/mol. The van der Waals surface area contributed by atoms with E-state index in [1.165, 1.54) is 6.92 Å². The molecule has 1 unspecified atom stereocenters. The van der Waals surface area contributed by atoms with E-state index in [0.29, 0.717) is 12.8 Å². The highest BCUT2D eigenvalue weighted by Crippen LogP contribution is 2.03. The third-order valence-corrected chi connectivity index (χ3v) is 1.67. The van der Waals surface area contributed by atoms with Crippen LogP contribution in [-0.2, 0) is 9.59 Å². The highest BCUT2D eigenvalue weighted by Gasteiger charge is 2.15. The van der Waals surface area contributed by atoms with Crippen molar-refractivity contribution in [1.82, 2.24) is 0 Å². The van der Waals surface area contributed by atoms with Crippen molar-refractivity contribution in [3.63, 3.8) is 0 Å². The second-order valence-electron chi connectivity index (χ2n) is 2.63. The van der Waals surface area contributed by atoms with Gasteiger partial charge in [-0.2, -0.15) is 0 Å². The number of carbonyl (C=O) groups is 2. The van der Waals surface area contributed by atoms with Crippen LogP contribution < -0.4 is 0 Å². The second kappa shape index (κ2) is 5.02. The van der Waals surface area contributed by atoms with Crippen LogP contribution >= 0.6 is 0 Å². The summed E-state index contributed by atoms with van der Waals surface area (Å²) in [6.45, 7) is 3.01. The van der Waals surface area contributed by atoms with Crippen LogP contribution in [0.25, 0.3) is 0 Å². The summed E-state index contributed by atoms with van der Waals surface area (Å²) in [6, 6.07) is 0. The highest BCUT2D eigenvalue weighted by molar-refractivity contribution is 6.00. The minimum atomic E-state index is -0.499. The van der Waals surface area contributed by atoms with Gasteiger partial charge >= 0.3 is 0 Å². The molecular formula is C8H14O3. The van der Waals surface area contributed by atoms with Gasteiger partial charge in [-0.3, -0.25) is 9.59 Å². The Kier molecular flexibility index (Phi) is 4.70. The molecule has 0 rings (SSSR count). The molecule has 0 aliphatic rings. The Labute approximate surface area is 66.4 Å². The maximum absolute atomic E-state index is 11.0. The number of aliphatic hydroxyl groups excluding tert-OH is 1. The van der Waals surface area contributed by atoms with E-state index in [1.807, 2.05) is 0 Å². The lowest BCUT2D eigenvalue weighted by Crippen LogP contribution is -2.18. The number of aliphatic hydroxyl groups is 1. The molecule has 3 heteroatoms. The van der Waals surface area contributed by atoms with Crippen LogP contribution in [0.4, 0.5) is 0 Å². The van der Waals surface area contributed by atoms with Crippen molar-refractivity contribution in [3.8, 4) is 0 Å². The van der Waals surface area contributed by atoms with Crippen LogP contribution in [0.3, 0.4) is 0 Å². The minimum absolute atomic E-state index is 0.0103. The van der Waals surface area contributed by atoms with Crippen molar-refractivity contribution in [2.75, 3.05) is 6.61 Å². The summed E-state index contributed by atoms with van der Waals surface area (Å²) in [5, 5.41) is 8.40. The first-order valence-corrected chi connectivity index (χ1v) is 3.73. The maximum Gasteiger partial charge on any atom is 0.143 e. The summed E-state index contributed by atoms with van der Waals surface area (Å²) in [5.74, 6) is -0.680. The van der Waals surface area contributed by atoms with E-state index in [-0.39, 0.29) is 18.2 Å². The van der Waals surface area contributed by atoms with Crippen molar-refractivity contribution < 1.29 is 14.7 Å². The van der Waals surface area contributed by atoms with Gasteiger partial charge in [0.05, 0.1) is 5.92 Å². The summed E-state index contributed by atoms with van der Waals surface area (Å²) in [6.07, 6.45) is 0.758. The Bertz CT molecular complexity index is 151. The lowest BCUT2D eigenvalue weighted by atomic mass is 9.99. The molecule has 64 valence electrons. The molecule has 0 fully saturated rings. The number of carbonyl (C=O) groups excluding carboxylic acids is 2. The van der Waals surface area contributed by atoms with Crippen molar-refractivity contribution in [1.29, 1.82) is 0 Å². The summed E-state index contributed by atoms with van der Waals surface area (Å²) in [5.41, 5.74) is 0. The van der Waals surface area contributed by atoms with Gasteiger partial charge in [0.15, 0.2) is 0 Å². The molecule has 0 radical (unpaired) electrons. The maximum atomic E-state index is 11.0. The predicted octanol–water partition coefficient (Wildman–Crippen LogP) is 0.553. The first-order valence-electron chi connectivity index (χ1n) is 3.73. The zero-order valence-electron chi connectivity index (χ0n) is 6.96. The largest absolute Gasteiger partial charge is 0.396 e. The normalized spacial score (nSPS) is 12.6.